The lowest BCUT2D eigenvalue weighted by Crippen LogP contribution is -2.09. The normalized spacial score (nSPS) is 49.0. The first kappa shape index (κ1) is 6.16. The van der Waals surface area contributed by atoms with Gasteiger partial charge < -0.3 is 10.5 Å². The van der Waals surface area contributed by atoms with Crippen LogP contribution in [0.2, 0.25) is 0 Å². The van der Waals surface area contributed by atoms with Crippen LogP contribution in [0.3, 0.4) is 0 Å². The summed E-state index contributed by atoms with van der Waals surface area (Å²) in [5.74, 6) is 0.0560. The molecule has 0 aromatic heterocycles. The Hall–Kier alpha value is -0.570. The lowest BCUT2D eigenvalue weighted by atomic mass is 10.3. The van der Waals surface area contributed by atoms with Crippen LogP contribution in [0.15, 0.2) is 0 Å². The number of carbonyl (C=O) groups is 1. The molecule has 3 heteroatoms. The molecule has 2 fully saturated rings. The van der Waals surface area contributed by atoms with Crippen LogP contribution in [0.5, 0.6) is 0 Å². The van der Waals surface area contributed by atoms with Crippen molar-refractivity contribution in [1.82, 2.24) is 0 Å². The van der Waals surface area contributed by atoms with Crippen LogP contribution < -0.4 is 5.73 Å². The highest BCUT2D eigenvalue weighted by molar-refractivity contribution is 5.78. The zero-order chi connectivity index (χ0) is 7.35. The largest absolute Gasteiger partial charge is 0.469 e. The van der Waals surface area contributed by atoms with Gasteiger partial charge in [0.05, 0.1) is 13.0 Å². The van der Waals surface area contributed by atoms with Crippen LogP contribution in [0.1, 0.15) is 12.8 Å². The number of carbonyl (C=O) groups excluding carboxylic acids is 1. The third kappa shape index (κ3) is 0.560. The lowest BCUT2D eigenvalue weighted by Gasteiger charge is -1.93. The number of methoxy groups -OCH3 is 1. The molecule has 2 aliphatic carbocycles. The molecule has 0 aromatic carbocycles. The van der Waals surface area contributed by atoms with Crippen molar-refractivity contribution >= 4 is 5.97 Å². The minimum absolute atomic E-state index is 0.0760. The topological polar surface area (TPSA) is 52.3 Å². The van der Waals surface area contributed by atoms with Gasteiger partial charge in [-0.2, -0.15) is 0 Å². The molecular formula is C7H11NO2. The molecule has 1 spiro atoms. The molecule has 2 N–H and O–H groups in total. The Morgan fingerprint density at radius 2 is 2.30 bits per heavy atom. The second-order valence-corrected chi connectivity index (χ2v) is 3.32. The van der Waals surface area contributed by atoms with Gasteiger partial charge in [-0.1, -0.05) is 0 Å². The molecule has 3 nitrogen and oxygen atoms in total. The fourth-order valence-corrected chi connectivity index (χ4v) is 1.77. The maximum atomic E-state index is 10.9. The zero-order valence-electron chi connectivity index (χ0n) is 5.96. The summed E-state index contributed by atoms with van der Waals surface area (Å²) in [7, 11) is 1.43. The number of hydrogen-bond acceptors (Lipinski definition) is 3. The molecule has 0 radical (unpaired) electrons. The first-order chi connectivity index (χ1) is 4.70. The molecule has 0 saturated heterocycles. The van der Waals surface area contributed by atoms with Gasteiger partial charge in [0.2, 0.25) is 0 Å². The second kappa shape index (κ2) is 1.53. The second-order valence-electron chi connectivity index (χ2n) is 3.32. The van der Waals surface area contributed by atoms with Gasteiger partial charge in [0, 0.05) is 11.5 Å². The van der Waals surface area contributed by atoms with Gasteiger partial charge in [-0.05, 0) is 12.8 Å². The summed E-state index contributed by atoms with van der Waals surface area (Å²) in [5.41, 5.74) is 5.84. The number of ether oxygens (including phenoxy) is 1. The van der Waals surface area contributed by atoms with Crippen molar-refractivity contribution in [2.24, 2.45) is 17.1 Å². The highest BCUT2D eigenvalue weighted by atomic mass is 16.5. The Morgan fingerprint density at radius 3 is 2.60 bits per heavy atom. The SMILES string of the molecule is COC(=O)C1CC12CC2N. The van der Waals surface area contributed by atoms with Crippen molar-refractivity contribution < 1.29 is 9.53 Å². The fraction of sp³-hybridized carbons (Fsp3) is 0.857. The number of hydrogen-bond donors (Lipinski definition) is 1. The predicted octanol–water partition coefficient (Wildman–Crippen LogP) is -0.103. The van der Waals surface area contributed by atoms with E-state index in [2.05, 4.69) is 4.74 Å². The van der Waals surface area contributed by atoms with Gasteiger partial charge >= 0.3 is 5.97 Å². The molecule has 56 valence electrons. The molecule has 0 aromatic rings. The minimum Gasteiger partial charge on any atom is -0.469 e. The van der Waals surface area contributed by atoms with E-state index in [9.17, 15) is 4.79 Å². The minimum atomic E-state index is -0.0760. The summed E-state index contributed by atoms with van der Waals surface area (Å²) in [5, 5.41) is 0. The maximum absolute atomic E-state index is 10.9. The smallest absolute Gasteiger partial charge is 0.309 e. The molecule has 0 aliphatic heterocycles. The van der Waals surface area contributed by atoms with Crippen molar-refractivity contribution in [1.29, 1.82) is 0 Å². The highest BCUT2D eigenvalue weighted by Gasteiger charge is 2.72. The van der Waals surface area contributed by atoms with E-state index in [0.29, 0.717) is 0 Å². The van der Waals surface area contributed by atoms with Crippen molar-refractivity contribution in [2.45, 2.75) is 18.9 Å². The molecule has 0 amide bonds. The van der Waals surface area contributed by atoms with Gasteiger partial charge in [-0.15, -0.1) is 0 Å². The van der Waals surface area contributed by atoms with Crippen LogP contribution in [-0.2, 0) is 9.53 Å². The molecule has 2 aliphatic rings. The monoisotopic (exact) mass is 141 g/mol. The van der Waals surface area contributed by atoms with Crippen LogP contribution in [-0.4, -0.2) is 19.1 Å². The number of rotatable bonds is 1. The van der Waals surface area contributed by atoms with Crippen LogP contribution in [0, 0.1) is 11.3 Å². The molecular weight excluding hydrogens is 130 g/mol. The Balaban J connectivity index is 1.97. The van der Waals surface area contributed by atoms with E-state index in [1.807, 2.05) is 0 Å². The van der Waals surface area contributed by atoms with E-state index in [1.54, 1.807) is 0 Å². The third-order valence-electron chi connectivity index (χ3n) is 2.78. The summed E-state index contributed by atoms with van der Waals surface area (Å²) < 4.78 is 4.60. The summed E-state index contributed by atoms with van der Waals surface area (Å²) in [6, 6.07) is 0.275. The average molecular weight is 141 g/mol. The van der Waals surface area contributed by atoms with Crippen LogP contribution in [0.4, 0.5) is 0 Å². The number of nitrogens with two attached hydrogens (primary N) is 1. The van der Waals surface area contributed by atoms with Gasteiger partial charge in [0.1, 0.15) is 0 Å². The molecule has 2 rings (SSSR count). The van der Waals surface area contributed by atoms with Gasteiger partial charge in [0.15, 0.2) is 0 Å². The quantitative estimate of drug-likeness (QED) is 0.519. The summed E-state index contributed by atoms with van der Waals surface area (Å²) in [4.78, 5) is 10.9. The first-order valence-electron chi connectivity index (χ1n) is 3.54. The van der Waals surface area contributed by atoms with E-state index < -0.39 is 0 Å². The zero-order valence-corrected chi connectivity index (χ0v) is 5.96. The molecule has 10 heavy (non-hydrogen) atoms. The fourth-order valence-electron chi connectivity index (χ4n) is 1.77. The van der Waals surface area contributed by atoms with Crippen molar-refractivity contribution in [3.63, 3.8) is 0 Å². The van der Waals surface area contributed by atoms with Crippen molar-refractivity contribution in [3.05, 3.63) is 0 Å². The van der Waals surface area contributed by atoms with Gasteiger partial charge in [0.25, 0.3) is 0 Å². The summed E-state index contributed by atoms with van der Waals surface area (Å²) in [6.45, 7) is 0. The van der Waals surface area contributed by atoms with Crippen LogP contribution in [0.25, 0.3) is 0 Å². The third-order valence-corrected chi connectivity index (χ3v) is 2.78. The standard InChI is InChI=1S/C7H11NO2/c1-10-6(9)4-2-7(4)3-5(7)8/h4-5H,2-3,8H2,1H3. The molecule has 2 saturated carbocycles. The molecule has 3 unspecified atom stereocenters. The Morgan fingerprint density at radius 1 is 1.70 bits per heavy atom. The van der Waals surface area contributed by atoms with E-state index in [-0.39, 0.29) is 23.3 Å². The molecule has 3 atom stereocenters. The van der Waals surface area contributed by atoms with Crippen molar-refractivity contribution in [2.75, 3.05) is 7.11 Å². The van der Waals surface area contributed by atoms with E-state index >= 15 is 0 Å². The maximum Gasteiger partial charge on any atom is 0.309 e. The lowest BCUT2D eigenvalue weighted by molar-refractivity contribution is -0.142. The first-order valence-corrected chi connectivity index (χ1v) is 3.54. The van der Waals surface area contributed by atoms with Gasteiger partial charge in [-0.3, -0.25) is 4.79 Å². The Bertz CT molecular complexity index is 192. The summed E-state index contributed by atoms with van der Waals surface area (Å²) in [6.07, 6.45) is 1.98. The van der Waals surface area contributed by atoms with Crippen molar-refractivity contribution in [3.8, 4) is 0 Å². The van der Waals surface area contributed by atoms with E-state index in [4.69, 9.17) is 5.73 Å². The predicted molar refractivity (Wildman–Crippen MR) is 35.1 cm³/mol. The molecule has 0 heterocycles. The number of esters is 1. The Kier molecular flexibility index (Phi) is 0.944. The highest BCUT2D eigenvalue weighted by Crippen LogP contribution is 2.69. The average Bonchev–Trinajstić information content (AvgIpc) is 2.76. The van der Waals surface area contributed by atoms with E-state index in [1.165, 1.54) is 7.11 Å². The Labute approximate surface area is 59.5 Å². The summed E-state index contributed by atoms with van der Waals surface area (Å²) >= 11 is 0. The van der Waals surface area contributed by atoms with Crippen LogP contribution >= 0.6 is 0 Å². The van der Waals surface area contributed by atoms with Gasteiger partial charge in [-0.25, -0.2) is 0 Å². The van der Waals surface area contributed by atoms with E-state index in [0.717, 1.165) is 12.8 Å². The molecule has 0 bridgehead atoms.